The van der Waals surface area contributed by atoms with Gasteiger partial charge >= 0.3 is 0 Å². The van der Waals surface area contributed by atoms with E-state index < -0.39 is 44.5 Å². The van der Waals surface area contributed by atoms with Crippen molar-refractivity contribution in [2.75, 3.05) is 6.26 Å². The van der Waals surface area contributed by atoms with E-state index in [1.165, 1.54) is 31.3 Å². The normalized spacial score (nSPS) is 18.5. The van der Waals surface area contributed by atoms with Gasteiger partial charge in [-0.15, -0.1) is 0 Å². The summed E-state index contributed by atoms with van der Waals surface area (Å²) in [4.78, 5) is 21.3. The summed E-state index contributed by atoms with van der Waals surface area (Å²) in [5.41, 5.74) is 0.0297. The number of nitrogens with zero attached hydrogens (tertiary/aromatic N) is 3. The molecule has 0 bridgehead atoms. The number of aromatic nitrogens is 3. The van der Waals surface area contributed by atoms with Crippen LogP contribution in [-0.4, -0.2) is 29.2 Å². The summed E-state index contributed by atoms with van der Waals surface area (Å²) in [6.07, 6.45) is 2.72. The van der Waals surface area contributed by atoms with E-state index in [0.29, 0.717) is 23.4 Å². The second-order valence-electron chi connectivity index (χ2n) is 9.43. The van der Waals surface area contributed by atoms with Crippen molar-refractivity contribution in [1.82, 2.24) is 14.5 Å². The average molecular weight is 559 g/mol. The number of pyridine rings is 3. The first-order chi connectivity index (χ1) is 19.1. The summed E-state index contributed by atoms with van der Waals surface area (Å²) >= 11 is 6.56. The van der Waals surface area contributed by atoms with Crippen molar-refractivity contribution in [2.24, 2.45) is 0 Å². The maximum Gasteiger partial charge on any atom is 0.274 e. The van der Waals surface area contributed by atoms with Crippen molar-refractivity contribution < 1.29 is 21.3 Å². The zero-order valence-electron chi connectivity index (χ0n) is 23.6. The van der Waals surface area contributed by atoms with Crippen molar-refractivity contribution in [3.05, 3.63) is 104 Å². The van der Waals surface area contributed by atoms with Crippen molar-refractivity contribution in [2.45, 2.75) is 43.9 Å². The van der Waals surface area contributed by atoms with Gasteiger partial charge in [-0.05, 0) is 74.5 Å². The number of aryl methyl sites for hydroxylation is 3. The summed E-state index contributed by atoms with van der Waals surface area (Å²) in [7, 11) is -3.94. The van der Waals surface area contributed by atoms with Gasteiger partial charge in [0.25, 0.3) is 5.56 Å². The Morgan fingerprint density at radius 2 is 1.84 bits per heavy atom. The molecule has 6 nitrogen and oxygen atoms in total. The highest BCUT2D eigenvalue weighted by atomic mass is 35.5. The summed E-state index contributed by atoms with van der Waals surface area (Å²) in [6, 6.07) is 10.0. The largest absolute Gasteiger partial charge is 0.277 e. The van der Waals surface area contributed by atoms with Gasteiger partial charge in [-0.2, -0.15) is 0 Å². The maximum absolute atomic E-state index is 16.1. The molecule has 38 heavy (non-hydrogen) atoms. The number of benzene rings is 1. The van der Waals surface area contributed by atoms with E-state index in [2.05, 4.69) is 9.97 Å². The molecule has 4 aromatic rings. The highest BCUT2D eigenvalue weighted by Crippen LogP contribution is 2.55. The predicted octanol–water partition coefficient (Wildman–Crippen LogP) is 5.83. The minimum atomic E-state index is -3.94. The van der Waals surface area contributed by atoms with E-state index in [1.807, 2.05) is 0 Å². The molecule has 0 aliphatic heterocycles. The first-order valence-corrected chi connectivity index (χ1v) is 13.9. The molecule has 10 heteroatoms. The lowest BCUT2D eigenvalue weighted by molar-refractivity contribution is 0.569. The molecule has 5 rings (SSSR count). The average Bonchev–Trinajstić information content (AvgIpc) is 3.68. The van der Waals surface area contributed by atoms with Crippen molar-refractivity contribution >= 4 is 21.4 Å². The van der Waals surface area contributed by atoms with Crippen LogP contribution in [0, 0.1) is 32.3 Å². The van der Waals surface area contributed by atoms with Crippen LogP contribution < -0.4 is 5.56 Å². The van der Waals surface area contributed by atoms with E-state index in [9.17, 15) is 13.2 Å². The Morgan fingerprint density at radius 1 is 1.11 bits per heavy atom. The van der Waals surface area contributed by atoms with Gasteiger partial charge in [0.2, 0.25) is 0 Å². The fraction of sp³-hybridized carbons (Fsp3) is 0.250. The second kappa shape index (κ2) is 9.39. The minimum absolute atomic E-state index is 0.0173. The van der Waals surface area contributed by atoms with Gasteiger partial charge in [0.1, 0.15) is 15.6 Å². The molecular weight excluding hydrogens is 532 g/mol. The molecule has 2 atom stereocenters. The molecule has 1 aliphatic rings. The number of sulfone groups is 1. The molecule has 0 radical (unpaired) electrons. The Labute approximate surface area is 228 Å². The van der Waals surface area contributed by atoms with Crippen LogP contribution in [0.4, 0.5) is 8.78 Å². The lowest BCUT2D eigenvalue weighted by Crippen LogP contribution is -2.24. The van der Waals surface area contributed by atoms with E-state index >= 15 is 8.78 Å². The molecule has 3 heterocycles. The van der Waals surface area contributed by atoms with Crippen molar-refractivity contribution in [3.8, 4) is 16.9 Å². The quantitative estimate of drug-likeness (QED) is 0.308. The van der Waals surface area contributed by atoms with Crippen LogP contribution in [0.15, 0.2) is 58.4 Å². The van der Waals surface area contributed by atoms with Crippen molar-refractivity contribution in [3.63, 3.8) is 0 Å². The van der Waals surface area contributed by atoms with E-state index in [-0.39, 0.29) is 39.4 Å². The van der Waals surface area contributed by atoms with Crippen LogP contribution in [0.3, 0.4) is 0 Å². The summed E-state index contributed by atoms with van der Waals surface area (Å²) < 4.78 is 79.2. The lowest BCUT2D eigenvalue weighted by Gasteiger charge is -2.18. The minimum Gasteiger partial charge on any atom is -0.277 e. The zero-order chi connectivity index (χ0) is 30.0. The summed E-state index contributed by atoms with van der Waals surface area (Å²) in [5.74, 6) is -2.49. The van der Waals surface area contributed by atoms with Gasteiger partial charge in [0.05, 0.1) is 5.69 Å². The Balaban J connectivity index is 1.58. The van der Waals surface area contributed by atoms with E-state index in [1.54, 1.807) is 25.1 Å². The van der Waals surface area contributed by atoms with Crippen LogP contribution in [-0.2, 0) is 9.84 Å². The van der Waals surface area contributed by atoms with Crippen LogP contribution in [0.1, 0.15) is 50.6 Å². The SMILES string of the molecule is [2H]C([2H])([2H])c1cccc([C@H]2C[C@@H]2c2cc(C)n(-c3c(C)cnc(-c4cccc(S(C)(=O)=O)c4F)c3F)c(=O)c2Cl)n1. The predicted molar refractivity (Wildman–Crippen MR) is 142 cm³/mol. The third kappa shape index (κ3) is 4.43. The number of hydrogen-bond acceptors (Lipinski definition) is 5. The number of rotatable bonds is 5. The van der Waals surface area contributed by atoms with Crippen LogP contribution in [0.2, 0.25) is 5.02 Å². The molecule has 1 fully saturated rings. The molecule has 1 aliphatic carbocycles. The highest BCUT2D eigenvalue weighted by molar-refractivity contribution is 7.90. The molecule has 0 amide bonds. The molecule has 1 saturated carbocycles. The van der Waals surface area contributed by atoms with E-state index in [4.69, 9.17) is 15.7 Å². The molecule has 0 unspecified atom stereocenters. The number of halogens is 3. The molecule has 1 aromatic carbocycles. The van der Waals surface area contributed by atoms with Gasteiger partial charge in [-0.25, -0.2) is 17.2 Å². The first-order valence-electron chi connectivity index (χ1n) is 13.1. The fourth-order valence-corrected chi connectivity index (χ4v) is 5.85. The Morgan fingerprint density at radius 3 is 2.55 bits per heavy atom. The summed E-state index contributed by atoms with van der Waals surface area (Å²) in [6.45, 7) is 0.790. The Hall–Kier alpha value is -3.43. The van der Waals surface area contributed by atoms with Gasteiger partial charge < -0.3 is 0 Å². The van der Waals surface area contributed by atoms with Crippen molar-refractivity contribution in [1.29, 1.82) is 0 Å². The van der Waals surface area contributed by atoms with E-state index in [0.717, 1.165) is 16.9 Å². The molecule has 0 saturated heterocycles. The second-order valence-corrected chi connectivity index (χ2v) is 11.8. The van der Waals surface area contributed by atoms with Gasteiger partial charge in [-0.1, -0.05) is 23.7 Å². The molecule has 0 spiro atoms. The summed E-state index contributed by atoms with van der Waals surface area (Å²) in [5, 5.41) is -0.127. The highest BCUT2D eigenvalue weighted by Gasteiger charge is 2.42. The standard InChI is InChI=1S/C28H24ClF2N3O3S/c1-14-13-32-26(17-8-6-10-22(24(17)30)38(4,36)37)25(31)27(14)34-16(3)11-20(23(29)28(34)35)18-12-19(18)21-9-5-7-15(2)33-21/h5-11,13,18-19H,12H2,1-4H3/t18-,19-/m0/s1/i2D3. The Kier molecular flexibility index (Phi) is 5.57. The van der Waals surface area contributed by atoms with Gasteiger partial charge in [0.15, 0.2) is 21.5 Å². The molecule has 3 aromatic heterocycles. The maximum atomic E-state index is 16.1. The molecule has 0 N–H and O–H groups in total. The lowest BCUT2D eigenvalue weighted by atomic mass is 10.1. The first kappa shape index (κ1) is 22.5. The topological polar surface area (TPSA) is 81.9 Å². The smallest absolute Gasteiger partial charge is 0.274 e. The fourth-order valence-electron chi connectivity index (χ4n) is 4.81. The zero-order valence-corrected chi connectivity index (χ0v) is 22.2. The third-order valence-electron chi connectivity index (χ3n) is 6.72. The van der Waals surface area contributed by atoms with Gasteiger partial charge in [-0.3, -0.25) is 19.3 Å². The monoisotopic (exact) mass is 558 g/mol. The van der Waals surface area contributed by atoms with Crippen LogP contribution in [0.5, 0.6) is 0 Å². The van der Waals surface area contributed by atoms with Gasteiger partial charge in [0, 0.05) is 45.1 Å². The van der Waals surface area contributed by atoms with Crippen LogP contribution >= 0.6 is 11.6 Å². The Bertz CT molecular complexity index is 1900. The van der Waals surface area contributed by atoms with Crippen LogP contribution in [0.25, 0.3) is 16.9 Å². The third-order valence-corrected chi connectivity index (χ3v) is 8.21. The molecular formula is C28H24ClF2N3O3S. The molecule has 196 valence electrons. The number of hydrogen-bond donors (Lipinski definition) is 0.